The SMILES string of the molecule is N#Cc1ccc(C(F)(F)F)nc1NCCCN. The average molecular weight is 244 g/mol. The van der Waals surface area contributed by atoms with Crippen molar-refractivity contribution in [3.8, 4) is 6.07 Å². The Hall–Kier alpha value is -1.81. The Morgan fingerprint density at radius 2 is 2.12 bits per heavy atom. The summed E-state index contributed by atoms with van der Waals surface area (Å²) in [6, 6.07) is 3.66. The first-order chi connectivity index (χ1) is 7.99. The van der Waals surface area contributed by atoms with Gasteiger partial charge in [0.05, 0.1) is 5.56 Å². The van der Waals surface area contributed by atoms with E-state index in [1.807, 2.05) is 0 Å². The summed E-state index contributed by atoms with van der Waals surface area (Å²) < 4.78 is 37.2. The molecule has 0 saturated heterocycles. The van der Waals surface area contributed by atoms with Gasteiger partial charge in [0.25, 0.3) is 0 Å². The summed E-state index contributed by atoms with van der Waals surface area (Å²) in [5.74, 6) is -0.0595. The second-order valence-corrected chi connectivity index (χ2v) is 3.27. The summed E-state index contributed by atoms with van der Waals surface area (Å²) in [5.41, 5.74) is 4.31. The summed E-state index contributed by atoms with van der Waals surface area (Å²) in [6.07, 6.45) is -3.93. The molecule has 0 aliphatic carbocycles. The minimum atomic E-state index is -4.52. The first-order valence-corrected chi connectivity index (χ1v) is 4.91. The highest BCUT2D eigenvalue weighted by atomic mass is 19.4. The van der Waals surface area contributed by atoms with Crippen LogP contribution >= 0.6 is 0 Å². The quantitative estimate of drug-likeness (QED) is 0.791. The van der Waals surface area contributed by atoms with Gasteiger partial charge in [-0.2, -0.15) is 18.4 Å². The van der Waals surface area contributed by atoms with Crippen LogP contribution in [0.3, 0.4) is 0 Å². The van der Waals surface area contributed by atoms with Gasteiger partial charge >= 0.3 is 6.18 Å². The van der Waals surface area contributed by atoms with Crippen LogP contribution in [-0.4, -0.2) is 18.1 Å². The van der Waals surface area contributed by atoms with E-state index < -0.39 is 11.9 Å². The number of hydrogen-bond donors (Lipinski definition) is 2. The van der Waals surface area contributed by atoms with Crippen molar-refractivity contribution in [2.45, 2.75) is 12.6 Å². The van der Waals surface area contributed by atoms with Crippen molar-refractivity contribution in [3.63, 3.8) is 0 Å². The van der Waals surface area contributed by atoms with Crippen molar-refractivity contribution >= 4 is 5.82 Å². The fourth-order valence-electron chi connectivity index (χ4n) is 1.15. The minimum Gasteiger partial charge on any atom is -0.369 e. The molecule has 0 atom stereocenters. The van der Waals surface area contributed by atoms with Gasteiger partial charge in [-0.1, -0.05) is 0 Å². The van der Waals surface area contributed by atoms with Crippen LogP contribution in [0.15, 0.2) is 12.1 Å². The fraction of sp³-hybridized carbons (Fsp3) is 0.400. The Kier molecular flexibility index (Phi) is 4.29. The number of alkyl halides is 3. The van der Waals surface area contributed by atoms with Crippen LogP contribution in [0.25, 0.3) is 0 Å². The zero-order valence-corrected chi connectivity index (χ0v) is 8.88. The number of anilines is 1. The highest BCUT2D eigenvalue weighted by Gasteiger charge is 2.33. The van der Waals surface area contributed by atoms with E-state index in [1.54, 1.807) is 6.07 Å². The zero-order chi connectivity index (χ0) is 12.9. The maximum atomic E-state index is 12.4. The average Bonchev–Trinajstić information content (AvgIpc) is 2.28. The Bertz CT molecular complexity index is 423. The molecule has 0 unspecified atom stereocenters. The second-order valence-electron chi connectivity index (χ2n) is 3.27. The van der Waals surface area contributed by atoms with Gasteiger partial charge in [-0.15, -0.1) is 0 Å². The van der Waals surface area contributed by atoms with E-state index in [1.165, 1.54) is 0 Å². The number of rotatable bonds is 4. The third-order valence-electron chi connectivity index (χ3n) is 1.98. The van der Waals surface area contributed by atoms with Gasteiger partial charge in [0.15, 0.2) is 0 Å². The Balaban J connectivity index is 2.96. The summed E-state index contributed by atoms with van der Waals surface area (Å²) in [6.45, 7) is 0.785. The van der Waals surface area contributed by atoms with Gasteiger partial charge < -0.3 is 11.1 Å². The molecule has 3 N–H and O–H groups in total. The van der Waals surface area contributed by atoms with Crippen LogP contribution in [0.1, 0.15) is 17.7 Å². The van der Waals surface area contributed by atoms with Gasteiger partial charge in [-0.25, -0.2) is 4.98 Å². The summed E-state index contributed by atoms with van der Waals surface area (Å²) in [4.78, 5) is 3.39. The van der Waals surface area contributed by atoms with Gasteiger partial charge in [-0.3, -0.25) is 0 Å². The number of nitriles is 1. The van der Waals surface area contributed by atoms with Gasteiger partial charge in [0, 0.05) is 6.54 Å². The number of nitrogens with zero attached hydrogens (tertiary/aromatic N) is 2. The van der Waals surface area contributed by atoms with E-state index in [0.29, 0.717) is 19.5 Å². The molecular weight excluding hydrogens is 233 g/mol. The van der Waals surface area contributed by atoms with Crippen LogP contribution in [0, 0.1) is 11.3 Å². The largest absolute Gasteiger partial charge is 0.433 e. The van der Waals surface area contributed by atoms with E-state index in [9.17, 15) is 13.2 Å². The number of nitrogens with one attached hydrogen (secondary N) is 1. The highest BCUT2D eigenvalue weighted by molar-refractivity contribution is 5.52. The molecule has 17 heavy (non-hydrogen) atoms. The normalized spacial score (nSPS) is 11.0. The fourth-order valence-corrected chi connectivity index (χ4v) is 1.15. The van der Waals surface area contributed by atoms with E-state index in [2.05, 4.69) is 10.3 Å². The topological polar surface area (TPSA) is 74.7 Å². The van der Waals surface area contributed by atoms with Crippen LogP contribution < -0.4 is 11.1 Å². The minimum absolute atomic E-state index is 0.0595. The number of hydrogen-bond acceptors (Lipinski definition) is 4. The van der Waals surface area contributed by atoms with Crippen molar-refractivity contribution < 1.29 is 13.2 Å². The smallest absolute Gasteiger partial charge is 0.369 e. The number of nitrogens with two attached hydrogens (primary N) is 1. The molecule has 0 aliphatic rings. The van der Waals surface area contributed by atoms with Crippen LogP contribution in [0.2, 0.25) is 0 Å². The maximum Gasteiger partial charge on any atom is 0.433 e. The van der Waals surface area contributed by atoms with Crippen LogP contribution in [0.4, 0.5) is 19.0 Å². The number of pyridine rings is 1. The third kappa shape index (κ3) is 3.60. The molecule has 0 bridgehead atoms. The molecule has 0 radical (unpaired) electrons. The molecule has 0 spiro atoms. The van der Waals surface area contributed by atoms with Crippen molar-refractivity contribution in [2.24, 2.45) is 5.73 Å². The van der Waals surface area contributed by atoms with Gasteiger partial charge in [0.1, 0.15) is 17.6 Å². The highest BCUT2D eigenvalue weighted by Crippen LogP contribution is 2.29. The molecular formula is C10H11F3N4. The van der Waals surface area contributed by atoms with Gasteiger partial charge in [-0.05, 0) is 25.1 Å². The standard InChI is InChI=1S/C10H11F3N4/c11-10(12,13)8-3-2-7(6-15)9(17-8)16-5-1-4-14/h2-3H,1,4-5,14H2,(H,16,17). The molecule has 1 heterocycles. The van der Waals surface area contributed by atoms with E-state index in [4.69, 9.17) is 11.0 Å². The Morgan fingerprint density at radius 3 is 2.65 bits per heavy atom. The summed E-state index contributed by atoms with van der Waals surface area (Å²) in [5, 5.41) is 11.4. The van der Waals surface area contributed by atoms with Gasteiger partial charge in [0.2, 0.25) is 0 Å². The number of halogens is 3. The molecule has 92 valence electrons. The summed E-state index contributed by atoms with van der Waals surface area (Å²) >= 11 is 0. The van der Waals surface area contributed by atoms with Crippen molar-refractivity contribution in [1.29, 1.82) is 5.26 Å². The van der Waals surface area contributed by atoms with Crippen molar-refractivity contribution in [1.82, 2.24) is 4.98 Å². The van der Waals surface area contributed by atoms with Crippen molar-refractivity contribution in [2.75, 3.05) is 18.4 Å². The maximum absolute atomic E-state index is 12.4. The molecule has 0 amide bonds. The second kappa shape index (κ2) is 5.50. The first kappa shape index (κ1) is 13.3. The Morgan fingerprint density at radius 1 is 1.41 bits per heavy atom. The van der Waals surface area contributed by atoms with E-state index in [0.717, 1.165) is 12.1 Å². The lowest BCUT2D eigenvalue weighted by atomic mass is 10.2. The molecule has 1 rings (SSSR count). The molecule has 1 aromatic heterocycles. The van der Waals surface area contributed by atoms with Crippen LogP contribution in [0.5, 0.6) is 0 Å². The predicted octanol–water partition coefficient (Wildman–Crippen LogP) is 1.73. The number of aromatic nitrogens is 1. The molecule has 0 fully saturated rings. The monoisotopic (exact) mass is 244 g/mol. The lowest BCUT2D eigenvalue weighted by Crippen LogP contribution is -2.14. The third-order valence-corrected chi connectivity index (χ3v) is 1.98. The predicted molar refractivity (Wildman–Crippen MR) is 56.1 cm³/mol. The summed E-state index contributed by atoms with van der Waals surface area (Å²) in [7, 11) is 0. The van der Waals surface area contributed by atoms with Crippen molar-refractivity contribution in [3.05, 3.63) is 23.4 Å². The van der Waals surface area contributed by atoms with Crippen LogP contribution in [-0.2, 0) is 6.18 Å². The molecule has 0 aromatic carbocycles. The molecule has 4 nitrogen and oxygen atoms in total. The molecule has 0 aliphatic heterocycles. The molecule has 7 heteroatoms. The molecule has 1 aromatic rings. The first-order valence-electron chi connectivity index (χ1n) is 4.91. The molecule has 0 saturated carbocycles. The van der Waals surface area contributed by atoms with E-state index >= 15 is 0 Å². The zero-order valence-electron chi connectivity index (χ0n) is 8.88. The lowest BCUT2D eigenvalue weighted by molar-refractivity contribution is -0.141. The lowest BCUT2D eigenvalue weighted by Gasteiger charge is -2.10. The van der Waals surface area contributed by atoms with E-state index in [-0.39, 0.29) is 11.4 Å². The Labute approximate surface area is 96.3 Å².